The normalized spacial score (nSPS) is 17.8. The molecule has 0 spiro atoms. The first-order valence-corrected chi connectivity index (χ1v) is 3.32. The molecule has 0 bridgehead atoms. The van der Waals surface area contributed by atoms with Gasteiger partial charge in [0.25, 0.3) is 0 Å². The molecule has 0 aliphatic rings. The van der Waals surface area contributed by atoms with Gasteiger partial charge in [-0.25, -0.2) is 0 Å². The molecule has 0 nitrogen and oxygen atoms in total. The minimum absolute atomic E-state index is 0.658. The van der Waals surface area contributed by atoms with E-state index < -0.39 is 13.8 Å². The SMILES string of the molecule is [2H]C([2H])CCCCCCC([2H])[2H]. The van der Waals surface area contributed by atoms with Gasteiger partial charge in [0.05, 0.1) is 0 Å². The highest BCUT2D eigenvalue weighted by Gasteiger charge is 1.83. The van der Waals surface area contributed by atoms with Crippen molar-refractivity contribution < 1.29 is 5.48 Å². The van der Waals surface area contributed by atoms with Crippen LogP contribution >= 0.6 is 0 Å². The Labute approximate surface area is 58.9 Å². The van der Waals surface area contributed by atoms with Crippen LogP contribution in [0.1, 0.15) is 57.8 Å². The van der Waals surface area contributed by atoms with Crippen LogP contribution < -0.4 is 0 Å². The first kappa shape index (κ1) is 3.24. The summed E-state index contributed by atoms with van der Waals surface area (Å²) >= 11 is 0. The topological polar surface area (TPSA) is 0 Å². The maximum atomic E-state index is 6.93. The average molecular weight is 118 g/mol. The lowest BCUT2D eigenvalue weighted by Gasteiger charge is -1.93. The molecule has 0 atom stereocenters. The molecular formula is C8H18. The van der Waals surface area contributed by atoms with E-state index in [0.29, 0.717) is 12.8 Å². The summed E-state index contributed by atoms with van der Waals surface area (Å²) in [6, 6.07) is 0. The van der Waals surface area contributed by atoms with Crippen LogP contribution in [0.25, 0.3) is 0 Å². The summed E-state index contributed by atoms with van der Waals surface area (Å²) in [7, 11) is 0. The van der Waals surface area contributed by atoms with Gasteiger partial charge in [-0.3, -0.25) is 0 Å². The van der Waals surface area contributed by atoms with Gasteiger partial charge in [-0.1, -0.05) is 52.3 Å². The quantitative estimate of drug-likeness (QED) is 0.485. The Morgan fingerprint density at radius 3 is 1.75 bits per heavy atom. The molecule has 8 heavy (non-hydrogen) atoms. The van der Waals surface area contributed by atoms with E-state index in [4.69, 9.17) is 5.48 Å². The van der Waals surface area contributed by atoms with Crippen molar-refractivity contribution in [3.63, 3.8) is 0 Å². The zero-order valence-electron chi connectivity index (χ0n) is 9.40. The second-order valence-electron chi connectivity index (χ2n) is 1.99. The van der Waals surface area contributed by atoms with Crippen LogP contribution in [-0.2, 0) is 0 Å². The first-order chi connectivity index (χ1) is 5.63. The summed E-state index contributed by atoms with van der Waals surface area (Å²) in [6.07, 6.45) is 5.29. The summed E-state index contributed by atoms with van der Waals surface area (Å²) in [5.74, 6) is 0. The van der Waals surface area contributed by atoms with Crippen molar-refractivity contribution in [3.05, 3.63) is 0 Å². The Balaban J connectivity index is 2.91. The minimum Gasteiger partial charge on any atom is -0.0654 e. The lowest BCUT2D eigenvalue weighted by atomic mass is 10.1. The predicted octanol–water partition coefficient (Wildman–Crippen LogP) is 3.37. The molecule has 0 amide bonds. The van der Waals surface area contributed by atoms with Gasteiger partial charge < -0.3 is 0 Å². The average Bonchev–Trinajstić information content (AvgIpc) is 1.95. The Bertz CT molecular complexity index is 81.1. The fraction of sp³-hybridized carbons (Fsp3) is 1.00. The zero-order valence-corrected chi connectivity index (χ0v) is 5.40. The minimum atomic E-state index is -0.676. The van der Waals surface area contributed by atoms with E-state index in [1.807, 2.05) is 0 Å². The molecule has 0 radical (unpaired) electrons. The van der Waals surface area contributed by atoms with Gasteiger partial charge in [0.1, 0.15) is 0 Å². The second kappa shape index (κ2) is 7.00. The van der Waals surface area contributed by atoms with Crippen molar-refractivity contribution in [2.75, 3.05) is 0 Å². The summed E-state index contributed by atoms with van der Waals surface area (Å²) in [6.45, 7) is -1.35. The first-order valence-electron chi connectivity index (χ1n) is 5.63. The molecule has 0 heteroatoms. The second-order valence-corrected chi connectivity index (χ2v) is 1.99. The van der Waals surface area contributed by atoms with Gasteiger partial charge in [0.2, 0.25) is 0 Å². The standard InChI is InChI=1S/C8H18/c1-3-5-7-8-6-4-2/h3-8H2,1-2H3/i1D2,2D2. The van der Waals surface area contributed by atoms with Crippen LogP contribution in [0, 0.1) is 0 Å². The van der Waals surface area contributed by atoms with Crippen molar-refractivity contribution in [3.8, 4) is 0 Å². The van der Waals surface area contributed by atoms with Crippen molar-refractivity contribution >= 4 is 0 Å². The van der Waals surface area contributed by atoms with E-state index in [0.717, 1.165) is 25.7 Å². The van der Waals surface area contributed by atoms with Crippen LogP contribution in [-0.4, -0.2) is 0 Å². The van der Waals surface area contributed by atoms with E-state index in [2.05, 4.69) is 0 Å². The number of rotatable bonds is 5. The third kappa shape index (κ3) is 6.00. The molecule has 0 N–H and O–H groups in total. The van der Waals surface area contributed by atoms with E-state index in [9.17, 15) is 0 Å². The molecule has 0 aliphatic carbocycles. The Morgan fingerprint density at radius 1 is 0.875 bits per heavy atom. The monoisotopic (exact) mass is 118 g/mol. The molecule has 0 heterocycles. The largest absolute Gasteiger partial charge is 0.0654 e. The van der Waals surface area contributed by atoms with Crippen LogP contribution in [0.3, 0.4) is 0 Å². The van der Waals surface area contributed by atoms with Gasteiger partial charge in [-0.05, 0) is 0 Å². The van der Waals surface area contributed by atoms with Crippen LogP contribution in [0.15, 0.2) is 0 Å². The van der Waals surface area contributed by atoms with Crippen LogP contribution in [0.4, 0.5) is 0 Å². The Hall–Kier alpha value is 0. The van der Waals surface area contributed by atoms with Crippen LogP contribution in [0.2, 0.25) is 0 Å². The number of hydrogen-bond donors (Lipinski definition) is 0. The van der Waals surface area contributed by atoms with Gasteiger partial charge in [-0.2, -0.15) is 0 Å². The number of hydrogen-bond acceptors (Lipinski definition) is 0. The van der Waals surface area contributed by atoms with Crippen molar-refractivity contribution in [2.45, 2.75) is 52.3 Å². The maximum absolute atomic E-state index is 6.93. The van der Waals surface area contributed by atoms with Crippen molar-refractivity contribution in [2.24, 2.45) is 0 Å². The summed E-state index contributed by atoms with van der Waals surface area (Å²) in [4.78, 5) is 0. The molecule has 0 rings (SSSR count). The number of unbranched alkanes of at least 4 members (excludes halogenated alkanes) is 3. The smallest absolute Gasteiger partial charge is 0.0230 e. The summed E-state index contributed by atoms with van der Waals surface area (Å²) in [5.41, 5.74) is 0. The molecule has 0 unspecified atom stereocenters. The van der Waals surface area contributed by atoms with Crippen LogP contribution in [0.5, 0.6) is 0 Å². The third-order valence-corrected chi connectivity index (χ3v) is 1.16. The van der Waals surface area contributed by atoms with Crippen molar-refractivity contribution in [1.82, 2.24) is 0 Å². The maximum Gasteiger partial charge on any atom is 0.0230 e. The summed E-state index contributed by atoms with van der Waals surface area (Å²) < 4.78 is 27.7. The van der Waals surface area contributed by atoms with Gasteiger partial charge in [0.15, 0.2) is 0 Å². The highest BCUT2D eigenvalue weighted by Crippen LogP contribution is 2.03. The molecule has 0 saturated heterocycles. The Kier molecular flexibility index (Phi) is 2.83. The van der Waals surface area contributed by atoms with E-state index in [-0.39, 0.29) is 0 Å². The van der Waals surface area contributed by atoms with Gasteiger partial charge in [-0.15, -0.1) is 0 Å². The lowest BCUT2D eigenvalue weighted by molar-refractivity contribution is 0.624. The fourth-order valence-corrected chi connectivity index (χ4v) is 0.642. The fourth-order valence-electron chi connectivity index (χ4n) is 0.642. The molecular weight excluding hydrogens is 96.1 g/mol. The zero-order chi connectivity index (χ0) is 9.40. The molecule has 0 aromatic carbocycles. The van der Waals surface area contributed by atoms with E-state index in [1.54, 1.807) is 0 Å². The summed E-state index contributed by atoms with van der Waals surface area (Å²) in [5, 5.41) is 0. The molecule has 0 aliphatic heterocycles. The third-order valence-electron chi connectivity index (χ3n) is 1.16. The molecule has 0 fully saturated rings. The van der Waals surface area contributed by atoms with Crippen molar-refractivity contribution in [1.29, 1.82) is 0 Å². The molecule has 0 aromatic rings. The van der Waals surface area contributed by atoms with E-state index in [1.165, 1.54) is 0 Å². The molecule has 50 valence electrons. The highest BCUT2D eigenvalue weighted by molar-refractivity contribution is 4.39. The van der Waals surface area contributed by atoms with Gasteiger partial charge >= 0.3 is 0 Å². The molecule has 0 aromatic heterocycles. The Morgan fingerprint density at radius 2 is 1.38 bits per heavy atom. The van der Waals surface area contributed by atoms with E-state index >= 15 is 0 Å². The lowest BCUT2D eigenvalue weighted by Crippen LogP contribution is -1.73. The predicted molar refractivity (Wildman–Crippen MR) is 39.1 cm³/mol. The highest BCUT2D eigenvalue weighted by atomic mass is 13.9. The van der Waals surface area contributed by atoms with Gasteiger partial charge in [0, 0.05) is 5.48 Å². The molecule has 0 saturated carbocycles.